The highest BCUT2D eigenvalue weighted by Gasteiger charge is 2.13. The van der Waals surface area contributed by atoms with Crippen LogP contribution in [0, 0.1) is 11.8 Å². The minimum atomic E-state index is -0.867. The van der Waals surface area contributed by atoms with Crippen LogP contribution >= 0.6 is 15.9 Å². The monoisotopic (exact) mass is 413 g/mol. The molecular formula is C19H16BrN3O3. The Labute approximate surface area is 159 Å². The summed E-state index contributed by atoms with van der Waals surface area (Å²) >= 11 is 3.25. The molecule has 0 saturated carbocycles. The van der Waals surface area contributed by atoms with E-state index in [0.29, 0.717) is 17.1 Å². The fourth-order valence-corrected chi connectivity index (χ4v) is 2.90. The van der Waals surface area contributed by atoms with Crippen LogP contribution in [0.25, 0.3) is 5.65 Å². The summed E-state index contributed by atoms with van der Waals surface area (Å²) in [6.45, 7) is 2.09. The van der Waals surface area contributed by atoms with E-state index in [-0.39, 0.29) is 12.3 Å². The number of carboxylic acid groups (broad SMARTS) is 1. The summed E-state index contributed by atoms with van der Waals surface area (Å²) in [5.74, 6) is 5.24. The highest BCUT2D eigenvalue weighted by molar-refractivity contribution is 9.10. The van der Waals surface area contributed by atoms with E-state index < -0.39 is 5.97 Å². The normalized spacial score (nSPS) is 11.6. The molecule has 2 aromatic heterocycles. The molecule has 1 N–H and O–H groups in total. The molecule has 7 heteroatoms. The average molecular weight is 414 g/mol. The van der Waals surface area contributed by atoms with Crippen molar-refractivity contribution < 1.29 is 14.6 Å². The molecule has 0 radical (unpaired) electrons. The second-order valence-electron chi connectivity index (χ2n) is 5.62. The van der Waals surface area contributed by atoms with Crippen molar-refractivity contribution in [1.29, 1.82) is 0 Å². The van der Waals surface area contributed by atoms with Crippen LogP contribution in [-0.2, 0) is 11.4 Å². The lowest BCUT2D eigenvalue weighted by Crippen LogP contribution is -2.04. The van der Waals surface area contributed by atoms with E-state index >= 15 is 0 Å². The van der Waals surface area contributed by atoms with Crippen LogP contribution in [0.1, 0.15) is 30.4 Å². The number of pyridine rings is 1. The zero-order valence-corrected chi connectivity index (χ0v) is 15.6. The molecule has 132 valence electrons. The molecule has 2 heterocycles. The molecule has 3 rings (SSSR count). The first-order valence-corrected chi connectivity index (χ1v) is 8.72. The molecule has 0 bridgehead atoms. The predicted molar refractivity (Wildman–Crippen MR) is 99.9 cm³/mol. The Morgan fingerprint density at radius 1 is 1.31 bits per heavy atom. The molecule has 0 aliphatic carbocycles. The fourth-order valence-electron chi connectivity index (χ4n) is 2.55. The van der Waals surface area contributed by atoms with Gasteiger partial charge in [-0.3, -0.25) is 4.79 Å². The number of carbonyl (C=O) groups is 1. The van der Waals surface area contributed by atoms with Gasteiger partial charge >= 0.3 is 5.97 Å². The van der Waals surface area contributed by atoms with Crippen LogP contribution in [0.4, 0.5) is 0 Å². The molecule has 26 heavy (non-hydrogen) atoms. The van der Waals surface area contributed by atoms with Crippen LogP contribution in [0.3, 0.4) is 0 Å². The first-order valence-electron chi connectivity index (χ1n) is 7.93. The third kappa shape index (κ3) is 4.41. The van der Waals surface area contributed by atoms with Crippen molar-refractivity contribution in [2.75, 3.05) is 0 Å². The minimum Gasteiger partial charge on any atom is -0.489 e. The maximum absolute atomic E-state index is 11.0. The quantitative estimate of drug-likeness (QED) is 0.624. The van der Waals surface area contributed by atoms with Gasteiger partial charge in [0, 0.05) is 11.8 Å². The highest BCUT2D eigenvalue weighted by Crippen LogP contribution is 2.22. The molecular weight excluding hydrogens is 398 g/mol. The van der Waals surface area contributed by atoms with Crippen molar-refractivity contribution in [2.45, 2.75) is 25.9 Å². The van der Waals surface area contributed by atoms with Gasteiger partial charge in [0.15, 0.2) is 5.65 Å². The smallest absolute Gasteiger partial charge is 0.304 e. The van der Waals surface area contributed by atoms with Crippen LogP contribution in [0.15, 0.2) is 47.3 Å². The topological polar surface area (TPSA) is 76.7 Å². The number of benzene rings is 1. The Bertz CT molecular complexity index is 987. The lowest BCUT2D eigenvalue weighted by atomic mass is 9.96. The summed E-state index contributed by atoms with van der Waals surface area (Å²) in [7, 11) is 0. The molecule has 1 aromatic carbocycles. The van der Waals surface area contributed by atoms with Gasteiger partial charge in [-0.1, -0.05) is 24.1 Å². The Morgan fingerprint density at radius 2 is 2.08 bits per heavy atom. The van der Waals surface area contributed by atoms with E-state index in [4.69, 9.17) is 9.84 Å². The summed E-state index contributed by atoms with van der Waals surface area (Å²) in [5, 5.41) is 13.2. The summed E-state index contributed by atoms with van der Waals surface area (Å²) < 4.78 is 8.02. The highest BCUT2D eigenvalue weighted by atomic mass is 79.9. The molecule has 0 amide bonds. The Balaban J connectivity index is 1.67. The first kappa shape index (κ1) is 18.0. The number of hydrogen-bond acceptors (Lipinski definition) is 4. The van der Waals surface area contributed by atoms with Gasteiger partial charge < -0.3 is 9.84 Å². The second kappa shape index (κ2) is 8.02. The lowest BCUT2D eigenvalue weighted by molar-refractivity contribution is -0.137. The summed E-state index contributed by atoms with van der Waals surface area (Å²) in [6.07, 6.45) is 1.84. The van der Waals surface area contributed by atoms with Crippen molar-refractivity contribution in [1.82, 2.24) is 14.6 Å². The van der Waals surface area contributed by atoms with E-state index in [2.05, 4.69) is 37.9 Å². The van der Waals surface area contributed by atoms with E-state index in [1.807, 2.05) is 42.6 Å². The predicted octanol–water partition coefficient (Wildman–Crippen LogP) is 3.65. The van der Waals surface area contributed by atoms with Gasteiger partial charge in [-0.15, -0.1) is 11.0 Å². The second-order valence-corrected chi connectivity index (χ2v) is 6.33. The fraction of sp³-hybridized carbons (Fsp3) is 0.211. The zero-order chi connectivity index (χ0) is 18.5. The average Bonchev–Trinajstić information content (AvgIpc) is 2.99. The molecule has 1 atom stereocenters. The summed E-state index contributed by atoms with van der Waals surface area (Å²) in [5.41, 5.74) is 2.58. The number of carboxylic acids is 1. The van der Waals surface area contributed by atoms with E-state index in [0.717, 1.165) is 16.8 Å². The maximum atomic E-state index is 11.0. The number of halogens is 1. The molecule has 0 fully saturated rings. The van der Waals surface area contributed by atoms with Gasteiger partial charge in [0.1, 0.15) is 12.4 Å². The van der Waals surface area contributed by atoms with Gasteiger partial charge in [-0.25, -0.2) is 9.50 Å². The van der Waals surface area contributed by atoms with Crippen LogP contribution in [0.5, 0.6) is 5.75 Å². The standard InChI is InChI=1S/C19H16BrN3O3/c1-2-3-15(10-18(24)25)14-5-7-16(8-6-14)26-12-13-4-9-17-21-19(20)22-23(17)11-13/h4-9,11,15H,10,12H2,1H3,(H,24,25)/t15-/m0/s1. The minimum absolute atomic E-state index is 0.0193. The van der Waals surface area contributed by atoms with Crippen LogP contribution in [0.2, 0.25) is 0 Å². The van der Waals surface area contributed by atoms with Gasteiger partial charge in [-0.05, 0) is 46.6 Å². The Hall–Kier alpha value is -2.85. The number of aromatic nitrogens is 3. The number of aliphatic carboxylic acids is 1. The third-order valence-electron chi connectivity index (χ3n) is 3.75. The largest absolute Gasteiger partial charge is 0.489 e. The van der Waals surface area contributed by atoms with Gasteiger partial charge in [0.25, 0.3) is 0 Å². The number of nitrogens with zero attached hydrogens (tertiary/aromatic N) is 3. The number of fused-ring (bicyclic) bond motifs is 1. The lowest BCUT2D eigenvalue weighted by Gasteiger charge is -2.11. The van der Waals surface area contributed by atoms with Crippen molar-refractivity contribution in [3.8, 4) is 17.6 Å². The van der Waals surface area contributed by atoms with Gasteiger partial charge in [0.2, 0.25) is 4.73 Å². The Kier molecular flexibility index (Phi) is 5.54. The van der Waals surface area contributed by atoms with Crippen molar-refractivity contribution in [2.24, 2.45) is 0 Å². The molecule has 6 nitrogen and oxygen atoms in total. The van der Waals surface area contributed by atoms with Crippen LogP contribution in [-0.4, -0.2) is 25.7 Å². The summed E-state index contributed by atoms with van der Waals surface area (Å²) in [6, 6.07) is 11.2. The number of hydrogen-bond donors (Lipinski definition) is 1. The van der Waals surface area contributed by atoms with Crippen molar-refractivity contribution in [3.05, 3.63) is 58.5 Å². The van der Waals surface area contributed by atoms with E-state index in [9.17, 15) is 4.79 Å². The maximum Gasteiger partial charge on any atom is 0.304 e. The molecule has 0 spiro atoms. The van der Waals surface area contributed by atoms with Gasteiger partial charge in [-0.2, -0.15) is 0 Å². The van der Waals surface area contributed by atoms with Crippen LogP contribution < -0.4 is 4.74 Å². The Morgan fingerprint density at radius 3 is 2.77 bits per heavy atom. The SMILES string of the molecule is CC#C[C@@H](CC(=O)O)c1ccc(OCc2ccc3nc(Br)nn3c2)cc1. The van der Waals surface area contributed by atoms with Gasteiger partial charge in [0.05, 0.1) is 12.3 Å². The third-order valence-corrected chi connectivity index (χ3v) is 4.09. The summed E-state index contributed by atoms with van der Waals surface area (Å²) in [4.78, 5) is 15.2. The number of rotatable bonds is 6. The van der Waals surface area contributed by atoms with E-state index in [1.54, 1.807) is 11.4 Å². The van der Waals surface area contributed by atoms with Crippen molar-refractivity contribution in [3.63, 3.8) is 0 Å². The molecule has 0 saturated heterocycles. The number of ether oxygens (including phenoxy) is 1. The van der Waals surface area contributed by atoms with Crippen molar-refractivity contribution >= 4 is 27.5 Å². The first-order chi connectivity index (χ1) is 12.5. The molecule has 0 aliphatic heterocycles. The molecule has 3 aromatic rings. The molecule has 0 unspecified atom stereocenters. The molecule has 0 aliphatic rings. The zero-order valence-electron chi connectivity index (χ0n) is 14.0. The van der Waals surface area contributed by atoms with E-state index in [1.165, 1.54) is 0 Å².